The van der Waals surface area contributed by atoms with E-state index < -0.39 is 17.8 Å². The van der Waals surface area contributed by atoms with E-state index in [2.05, 4.69) is 34.6 Å². The largest absolute Gasteiger partial charge is 0.481 e. The zero-order chi connectivity index (χ0) is 19.5. The Labute approximate surface area is 159 Å². The van der Waals surface area contributed by atoms with Crippen molar-refractivity contribution in [1.29, 1.82) is 0 Å². The number of carboxylic acids is 1. The lowest BCUT2D eigenvalue weighted by Crippen LogP contribution is -2.40. The van der Waals surface area contributed by atoms with Gasteiger partial charge in [0.25, 0.3) is 0 Å². The number of esters is 1. The van der Waals surface area contributed by atoms with Gasteiger partial charge in [-0.2, -0.15) is 0 Å². The number of hydrogen-bond donors (Lipinski definition) is 1. The minimum absolute atomic E-state index is 0.0798. The second-order valence-corrected chi connectivity index (χ2v) is 10.2. The summed E-state index contributed by atoms with van der Waals surface area (Å²) in [7, 11) is 0. The second-order valence-electron chi connectivity index (χ2n) is 10.2. The first-order chi connectivity index (χ1) is 12.1. The lowest BCUT2D eigenvalue weighted by atomic mass is 9.74. The molecule has 0 amide bonds. The van der Waals surface area contributed by atoms with Gasteiger partial charge in [-0.05, 0) is 61.7 Å². The Morgan fingerprint density at radius 1 is 0.962 bits per heavy atom. The van der Waals surface area contributed by atoms with Crippen molar-refractivity contribution in [2.45, 2.75) is 92.1 Å². The normalized spacial score (nSPS) is 34.1. The van der Waals surface area contributed by atoms with E-state index >= 15 is 0 Å². The summed E-state index contributed by atoms with van der Waals surface area (Å²) in [5.41, 5.74) is 0.0846. The first kappa shape index (κ1) is 21.2. The Balaban J connectivity index is 2.08. The van der Waals surface area contributed by atoms with Gasteiger partial charge in [-0.3, -0.25) is 9.59 Å². The maximum atomic E-state index is 12.9. The fraction of sp³-hybridized carbons (Fsp3) is 0.909. The summed E-state index contributed by atoms with van der Waals surface area (Å²) < 4.78 is 6.05. The van der Waals surface area contributed by atoms with Gasteiger partial charge in [0.1, 0.15) is 6.10 Å². The third-order valence-corrected chi connectivity index (χ3v) is 6.40. The Hall–Kier alpha value is -1.06. The van der Waals surface area contributed by atoms with Crippen molar-refractivity contribution in [1.82, 2.24) is 0 Å². The summed E-state index contributed by atoms with van der Waals surface area (Å²) in [4.78, 5) is 24.6. The first-order valence-corrected chi connectivity index (χ1v) is 10.5. The topological polar surface area (TPSA) is 63.6 Å². The Morgan fingerprint density at radius 3 is 2.08 bits per heavy atom. The molecule has 4 atom stereocenters. The first-order valence-electron chi connectivity index (χ1n) is 10.5. The average Bonchev–Trinajstić information content (AvgIpc) is 2.53. The summed E-state index contributed by atoms with van der Waals surface area (Å²) in [6, 6.07) is 0. The molecule has 2 saturated carbocycles. The maximum absolute atomic E-state index is 12.9. The minimum Gasteiger partial charge on any atom is -0.481 e. The molecule has 4 heteroatoms. The van der Waals surface area contributed by atoms with Gasteiger partial charge in [0.05, 0.1) is 11.8 Å². The average molecular weight is 367 g/mol. The molecule has 2 aliphatic rings. The van der Waals surface area contributed by atoms with Crippen LogP contribution >= 0.6 is 0 Å². The van der Waals surface area contributed by atoms with Crippen LogP contribution in [0.1, 0.15) is 86.0 Å². The standard InChI is InChI=1S/C22H38O4/c1-14-6-9-16(10-7-14)19(13-22(3,4)5)26-21(25)17-11-8-15(2)12-18(17)20(23)24/h14-19H,6-13H2,1-5H3,(H,23,24). The molecule has 2 fully saturated rings. The highest BCUT2D eigenvalue weighted by molar-refractivity contribution is 5.81. The molecule has 0 spiro atoms. The molecule has 2 aliphatic carbocycles. The molecule has 4 nitrogen and oxygen atoms in total. The van der Waals surface area contributed by atoms with Crippen LogP contribution in [0.15, 0.2) is 0 Å². The maximum Gasteiger partial charge on any atom is 0.310 e. The second kappa shape index (κ2) is 8.75. The number of hydrogen-bond acceptors (Lipinski definition) is 3. The molecule has 4 unspecified atom stereocenters. The van der Waals surface area contributed by atoms with Crippen molar-refractivity contribution in [3.05, 3.63) is 0 Å². The van der Waals surface area contributed by atoms with Crippen LogP contribution in [-0.2, 0) is 14.3 Å². The van der Waals surface area contributed by atoms with Crippen LogP contribution < -0.4 is 0 Å². The number of rotatable bonds is 5. The predicted octanol–water partition coefficient (Wildman–Crippen LogP) is 5.30. The molecule has 0 radical (unpaired) electrons. The van der Waals surface area contributed by atoms with Gasteiger partial charge in [-0.15, -0.1) is 0 Å². The molecule has 150 valence electrons. The van der Waals surface area contributed by atoms with Crippen molar-refractivity contribution >= 4 is 11.9 Å². The molecular weight excluding hydrogens is 328 g/mol. The van der Waals surface area contributed by atoms with Gasteiger partial charge in [-0.25, -0.2) is 0 Å². The lowest BCUT2D eigenvalue weighted by molar-refractivity contribution is -0.168. The van der Waals surface area contributed by atoms with Crippen LogP contribution in [0, 0.1) is 35.0 Å². The summed E-state index contributed by atoms with van der Waals surface area (Å²) in [6.07, 6.45) is 7.51. The number of carboxylic acid groups (broad SMARTS) is 1. The highest BCUT2D eigenvalue weighted by atomic mass is 16.5. The molecule has 0 aromatic heterocycles. The molecule has 2 rings (SSSR count). The van der Waals surface area contributed by atoms with E-state index in [0.29, 0.717) is 24.7 Å². The van der Waals surface area contributed by atoms with E-state index in [1.165, 1.54) is 12.8 Å². The monoisotopic (exact) mass is 366 g/mol. The van der Waals surface area contributed by atoms with Gasteiger partial charge in [-0.1, -0.05) is 47.5 Å². The van der Waals surface area contributed by atoms with Crippen molar-refractivity contribution in [2.75, 3.05) is 0 Å². The zero-order valence-corrected chi connectivity index (χ0v) is 17.3. The van der Waals surface area contributed by atoms with Crippen LogP contribution in [0.4, 0.5) is 0 Å². The van der Waals surface area contributed by atoms with E-state index in [-0.39, 0.29) is 17.5 Å². The van der Waals surface area contributed by atoms with E-state index in [4.69, 9.17) is 4.74 Å². The number of carbonyl (C=O) groups excluding carboxylic acids is 1. The van der Waals surface area contributed by atoms with Crippen LogP contribution in [0.5, 0.6) is 0 Å². The molecule has 1 N–H and O–H groups in total. The fourth-order valence-corrected chi connectivity index (χ4v) is 4.74. The van der Waals surface area contributed by atoms with E-state index in [1.54, 1.807) is 0 Å². The Kier molecular flexibility index (Phi) is 7.15. The van der Waals surface area contributed by atoms with E-state index in [0.717, 1.165) is 31.6 Å². The fourth-order valence-electron chi connectivity index (χ4n) is 4.74. The quantitative estimate of drug-likeness (QED) is 0.671. The molecule has 0 bridgehead atoms. The van der Waals surface area contributed by atoms with Crippen LogP contribution in [0.2, 0.25) is 0 Å². The highest BCUT2D eigenvalue weighted by Crippen LogP contribution is 2.39. The van der Waals surface area contributed by atoms with Gasteiger partial charge in [0, 0.05) is 0 Å². The molecule has 0 aromatic carbocycles. The zero-order valence-electron chi connectivity index (χ0n) is 17.3. The molecule has 0 heterocycles. The predicted molar refractivity (Wildman–Crippen MR) is 103 cm³/mol. The molecule has 0 saturated heterocycles. The lowest BCUT2D eigenvalue weighted by Gasteiger charge is -2.37. The van der Waals surface area contributed by atoms with E-state index in [9.17, 15) is 14.7 Å². The summed E-state index contributed by atoms with van der Waals surface area (Å²) in [5.74, 6) is -0.643. The Morgan fingerprint density at radius 2 is 1.54 bits per heavy atom. The van der Waals surface area contributed by atoms with Gasteiger partial charge >= 0.3 is 11.9 Å². The Bertz CT molecular complexity index is 485. The molecule has 0 aliphatic heterocycles. The van der Waals surface area contributed by atoms with Crippen molar-refractivity contribution < 1.29 is 19.4 Å². The van der Waals surface area contributed by atoms with Crippen molar-refractivity contribution in [2.24, 2.45) is 35.0 Å². The van der Waals surface area contributed by atoms with Crippen LogP contribution in [0.3, 0.4) is 0 Å². The van der Waals surface area contributed by atoms with Crippen LogP contribution in [-0.4, -0.2) is 23.1 Å². The third-order valence-electron chi connectivity index (χ3n) is 6.40. The van der Waals surface area contributed by atoms with Crippen molar-refractivity contribution in [3.63, 3.8) is 0 Å². The number of carbonyl (C=O) groups is 2. The highest BCUT2D eigenvalue weighted by Gasteiger charge is 2.41. The van der Waals surface area contributed by atoms with Gasteiger partial charge in [0.2, 0.25) is 0 Å². The van der Waals surface area contributed by atoms with Gasteiger partial charge < -0.3 is 9.84 Å². The number of ether oxygens (including phenoxy) is 1. The summed E-state index contributed by atoms with van der Waals surface area (Å²) in [6.45, 7) is 10.9. The minimum atomic E-state index is -0.850. The van der Waals surface area contributed by atoms with E-state index in [1.807, 2.05) is 0 Å². The molecule has 26 heavy (non-hydrogen) atoms. The SMILES string of the molecule is CC1CCC(C(CC(C)(C)C)OC(=O)C2CCC(C)CC2C(=O)O)CC1. The smallest absolute Gasteiger partial charge is 0.310 e. The third kappa shape index (κ3) is 5.99. The van der Waals surface area contributed by atoms with Crippen molar-refractivity contribution in [3.8, 4) is 0 Å². The summed E-state index contributed by atoms with van der Waals surface area (Å²) in [5, 5.41) is 9.57. The summed E-state index contributed by atoms with van der Waals surface area (Å²) >= 11 is 0. The van der Waals surface area contributed by atoms with Crippen LogP contribution in [0.25, 0.3) is 0 Å². The number of aliphatic carboxylic acids is 1. The molecule has 0 aromatic rings. The molecular formula is C22H38O4. The van der Waals surface area contributed by atoms with Gasteiger partial charge in [0.15, 0.2) is 0 Å².